The SMILES string of the molecule is CCCCCCCCC(C(=O)O)=C(OOC(C)(C)C)C(=O)O. The molecule has 0 unspecified atom stereocenters. The molecular weight excluding hydrogens is 288 g/mol. The van der Waals surface area contributed by atoms with Crippen molar-refractivity contribution in [2.75, 3.05) is 0 Å². The molecule has 0 fully saturated rings. The van der Waals surface area contributed by atoms with E-state index in [9.17, 15) is 14.7 Å². The molecule has 0 aromatic heterocycles. The second-order valence-electron chi connectivity index (χ2n) is 6.21. The fourth-order valence-electron chi connectivity index (χ4n) is 1.78. The van der Waals surface area contributed by atoms with Crippen LogP contribution in [0.1, 0.15) is 72.6 Å². The maximum Gasteiger partial charge on any atom is 0.375 e. The predicted octanol–water partition coefficient (Wildman–Crippen LogP) is 3.91. The summed E-state index contributed by atoms with van der Waals surface area (Å²) < 4.78 is 0. The van der Waals surface area contributed by atoms with E-state index in [1.165, 1.54) is 0 Å². The van der Waals surface area contributed by atoms with Gasteiger partial charge < -0.3 is 15.1 Å². The van der Waals surface area contributed by atoms with Crippen LogP contribution in [0.25, 0.3) is 0 Å². The van der Waals surface area contributed by atoms with E-state index in [1.54, 1.807) is 20.8 Å². The number of rotatable bonds is 11. The van der Waals surface area contributed by atoms with Crippen LogP contribution in [0.5, 0.6) is 0 Å². The van der Waals surface area contributed by atoms with Crippen molar-refractivity contribution < 1.29 is 29.6 Å². The third kappa shape index (κ3) is 9.39. The van der Waals surface area contributed by atoms with Crippen molar-refractivity contribution in [2.24, 2.45) is 0 Å². The zero-order chi connectivity index (χ0) is 17.2. The standard InChI is InChI=1S/C16H28O6/c1-5-6-7-8-9-10-11-12(14(17)18)13(15(19)20)21-22-16(2,3)4/h5-11H2,1-4H3,(H,17,18)(H,19,20). The van der Waals surface area contributed by atoms with Gasteiger partial charge in [-0.3, -0.25) is 0 Å². The summed E-state index contributed by atoms with van der Waals surface area (Å²) >= 11 is 0. The lowest BCUT2D eigenvalue weighted by Gasteiger charge is -2.18. The third-order valence-corrected chi connectivity index (χ3v) is 2.88. The van der Waals surface area contributed by atoms with Crippen molar-refractivity contribution in [1.82, 2.24) is 0 Å². The zero-order valence-electron chi connectivity index (χ0n) is 14.0. The highest BCUT2D eigenvalue weighted by atomic mass is 17.2. The van der Waals surface area contributed by atoms with Crippen LogP contribution in [0.4, 0.5) is 0 Å². The Morgan fingerprint density at radius 1 is 0.909 bits per heavy atom. The Labute approximate surface area is 132 Å². The van der Waals surface area contributed by atoms with E-state index >= 15 is 0 Å². The summed E-state index contributed by atoms with van der Waals surface area (Å²) in [6, 6.07) is 0. The van der Waals surface area contributed by atoms with Gasteiger partial charge >= 0.3 is 11.9 Å². The highest BCUT2D eigenvalue weighted by Gasteiger charge is 2.25. The Bertz CT molecular complexity index is 392. The van der Waals surface area contributed by atoms with E-state index < -0.39 is 23.3 Å². The average Bonchev–Trinajstić information content (AvgIpc) is 2.38. The lowest BCUT2D eigenvalue weighted by molar-refractivity contribution is -0.321. The van der Waals surface area contributed by atoms with Gasteiger partial charge in [0.15, 0.2) is 0 Å². The summed E-state index contributed by atoms with van der Waals surface area (Å²) in [6.07, 6.45) is 6.05. The first kappa shape index (κ1) is 20.4. The van der Waals surface area contributed by atoms with Crippen LogP contribution < -0.4 is 0 Å². The lowest BCUT2D eigenvalue weighted by atomic mass is 10.0. The smallest absolute Gasteiger partial charge is 0.375 e. The minimum atomic E-state index is -1.44. The first-order chi connectivity index (χ1) is 10.2. The van der Waals surface area contributed by atoms with Gasteiger partial charge in [0.05, 0.1) is 5.57 Å². The van der Waals surface area contributed by atoms with E-state index in [1.807, 2.05) is 0 Å². The molecule has 128 valence electrons. The molecule has 0 aliphatic carbocycles. The molecule has 0 saturated carbocycles. The Morgan fingerprint density at radius 2 is 1.45 bits per heavy atom. The Morgan fingerprint density at radius 3 is 1.91 bits per heavy atom. The number of unbranched alkanes of at least 4 members (excludes halogenated alkanes) is 5. The van der Waals surface area contributed by atoms with Crippen LogP contribution >= 0.6 is 0 Å². The van der Waals surface area contributed by atoms with Crippen molar-refractivity contribution in [2.45, 2.75) is 78.2 Å². The summed E-state index contributed by atoms with van der Waals surface area (Å²) in [7, 11) is 0. The minimum absolute atomic E-state index is 0.149. The van der Waals surface area contributed by atoms with E-state index in [4.69, 9.17) is 14.9 Å². The number of aliphatic carboxylic acids is 2. The minimum Gasteiger partial charge on any atom is -0.478 e. The zero-order valence-corrected chi connectivity index (χ0v) is 14.0. The molecule has 0 bridgehead atoms. The largest absolute Gasteiger partial charge is 0.478 e. The van der Waals surface area contributed by atoms with Crippen molar-refractivity contribution in [3.05, 3.63) is 11.3 Å². The number of carbonyl (C=O) groups is 2. The normalized spacial score (nSPS) is 12.7. The van der Waals surface area contributed by atoms with Crippen LogP contribution in [-0.4, -0.2) is 27.8 Å². The molecule has 6 heteroatoms. The van der Waals surface area contributed by atoms with E-state index in [-0.39, 0.29) is 12.0 Å². The molecule has 0 amide bonds. The summed E-state index contributed by atoms with van der Waals surface area (Å²) in [6.45, 7) is 7.17. The molecule has 2 N–H and O–H groups in total. The molecule has 0 radical (unpaired) electrons. The number of hydrogen-bond donors (Lipinski definition) is 2. The summed E-state index contributed by atoms with van der Waals surface area (Å²) in [5.74, 6) is -3.37. The van der Waals surface area contributed by atoms with Gasteiger partial charge in [-0.25, -0.2) is 9.59 Å². The fourth-order valence-corrected chi connectivity index (χ4v) is 1.78. The van der Waals surface area contributed by atoms with Crippen molar-refractivity contribution in [3.8, 4) is 0 Å². The molecule has 0 aliphatic rings. The average molecular weight is 316 g/mol. The Balaban J connectivity index is 4.73. The van der Waals surface area contributed by atoms with Crippen LogP contribution in [0, 0.1) is 0 Å². The summed E-state index contributed by atoms with van der Waals surface area (Å²) in [5.41, 5.74) is -0.989. The van der Waals surface area contributed by atoms with Crippen molar-refractivity contribution >= 4 is 11.9 Å². The molecule has 0 aliphatic heterocycles. The van der Waals surface area contributed by atoms with Crippen LogP contribution in [0.2, 0.25) is 0 Å². The Hall–Kier alpha value is -1.56. The van der Waals surface area contributed by atoms with E-state index in [0.717, 1.165) is 32.1 Å². The first-order valence-electron chi connectivity index (χ1n) is 7.74. The van der Waals surface area contributed by atoms with Gasteiger partial charge in [-0.05, 0) is 33.6 Å². The highest BCUT2D eigenvalue weighted by molar-refractivity contribution is 5.97. The van der Waals surface area contributed by atoms with Gasteiger partial charge in [0.25, 0.3) is 5.76 Å². The maximum atomic E-state index is 11.3. The van der Waals surface area contributed by atoms with Gasteiger partial charge in [0.1, 0.15) is 5.60 Å². The molecule has 6 nitrogen and oxygen atoms in total. The predicted molar refractivity (Wildman–Crippen MR) is 82.2 cm³/mol. The van der Waals surface area contributed by atoms with E-state index in [0.29, 0.717) is 6.42 Å². The quantitative estimate of drug-likeness (QED) is 0.197. The summed E-state index contributed by atoms with van der Waals surface area (Å²) in [4.78, 5) is 32.2. The van der Waals surface area contributed by atoms with E-state index in [2.05, 4.69) is 6.92 Å². The van der Waals surface area contributed by atoms with Gasteiger partial charge in [0, 0.05) is 0 Å². The monoisotopic (exact) mass is 316 g/mol. The topological polar surface area (TPSA) is 93.1 Å². The maximum absolute atomic E-state index is 11.3. The third-order valence-electron chi connectivity index (χ3n) is 2.88. The Kier molecular flexibility index (Phi) is 9.49. The second kappa shape index (κ2) is 10.2. The van der Waals surface area contributed by atoms with Gasteiger partial charge in [0.2, 0.25) is 0 Å². The fraction of sp³-hybridized carbons (Fsp3) is 0.750. The van der Waals surface area contributed by atoms with Gasteiger partial charge in [-0.15, -0.1) is 0 Å². The molecule has 0 spiro atoms. The molecule has 0 aromatic carbocycles. The van der Waals surface area contributed by atoms with Crippen LogP contribution in [0.15, 0.2) is 11.3 Å². The summed E-state index contributed by atoms with van der Waals surface area (Å²) in [5, 5.41) is 18.3. The highest BCUT2D eigenvalue weighted by Crippen LogP contribution is 2.19. The van der Waals surface area contributed by atoms with Gasteiger partial charge in [-0.1, -0.05) is 39.0 Å². The van der Waals surface area contributed by atoms with Crippen molar-refractivity contribution in [3.63, 3.8) is 0 Å². The molecule has 0 rings (SSSR count). The van der Waals surface area contributed by atoms with Crippen LogP contribution in [-0.2, 0) is 19.4 Å². The molecule has 0 aromatic rings. The first-order valence-corrected chi connectivity index (χ1v) is 7.74. The number of hydrogen-bond acceptors (Lipinski definition) is 4. The molecule has 22 heavy (non-hydrogen) atoms. The number of carboxylic acid groups (broad SMARTS) is 2. The second-order valence-corrected chi connectivity index (χ2v) is 6.21. The molecule has 0 atom stereocenters. The lowest BCUT2D eigenvalue weighted by Crippen LogP contribution is -2.23. The van der Waals surface area contributed by atoms with Gasteiger partial charge in [-0.2, -0.15) is 4.89 Å². The molecular formula is C16H28O6. The molecule has 0 heterocycles. The number of carboxylic acids is 2. The van der Waals surface area contributed by atoms with Crippen molar-refractivity contribution in [1.29, 1.82) is 0 Å². The van der Waals surface area contributed by atoms with Crippen LogP contribution in [0.3, 0.4) is 0 Å². The molecule has 0 saturated heterocycles.